The molecular formula is C11H16NO4P. The summed E-state index contributed by atoms with van der Waals surface area (Å²) in [4.78, 5) is 11.3. The van der Waals surface area contributed by atoms with Gasteiger partial charge in [-0.3, -0.25) is 4.79 Å². The summed E-state index contributed by atoms with van der Waals surface area (Å²) in [5, 5.41) is 9.40. The van der Waals surface area contributed by atoms with E-state index in [2.05, 4.69) is 0 Å². The first-order valence-electron chi connectivity index (χ1n) is 5.19. The lowest BCUT2D eigenvalue weighted by Gasteiger charge is -2.11. The number of ether oxygens (including phenoxy) is 1. The number of esters is 1. The first kappa shape index (κ1) is 13.7. The van der Waals surface area contributed by atoms with Gasteiger partial charge >= 0.3 is 5.97 Å². The zero-order chi connectivity index (χ0) is 12.8. The van der Waals surface area contributed by atoms with Gasteiger partial charge in [-0.2, -0.15) is 0 Å². The van der Waals surface area contributed by atoms with E-state index >= 15 is 0 Å². The molecule has 1 rings (SSSR count). The van der Waals surface area contributed by atoms with E-state index in [9.17, 15) is 9.90 Å². The Morgan fingerprint density at radius 2 is 2.29 bits per heavy atom. The summed E-state index contributed by atoms with van der Waals surface area (Å²) in [5.74, 6) is -0.0778. The van der Waals surface area contributed by atoms with Crippen molar-refractivity contribution in [3.05, 3.63) is 23.8 Å². The highest BCUT2D eigenvalue weighted by molar-refractivity contribution is 7.10. The monoisotopic (exact) mass is 257 g/mol. The molecule has 1 aromatic rings. The maximum atomic E-state index is 11.3. The number of carbonyl (C=O) groups is 1. The molecule has 0 amide bonds. The van der Waals surface area contributed by atoms with E-state index in [0.29, 0.717) is 18.8 Å². The number of carbonyl (C=O) groups excluding carboxylic acids is 1. The van der Waals surface area contributed by atoms with Crippen LogP contribution in [0.3, 0.4) is 0 Å². The van der Waals surface area contributed by atoms with Crippen LogP contribution in [0.15, 0.2) is 18.2 Å². The van der Waals surface area contributed by atoms with Gasteiger partial charge in [-0.1, -0.05) is 6.07 Å². The van der Waals surface area contributed by atoms with Gasteiger partial charge < -0.3 is 20.1 Å². The number of nitrogens with two attached hydrogens (primary N) is 1. The van der Waals surface area contributed by atoms with Crippen LogP contribution in [-0.2, 0) is 16.0 Å². The summed E-state index contributed by atoms with van der Waals surface area (Å²) in [6.07, 6.45) is 0.333. The Kier molecular flexibility index (Phi) is 5.19. The van der Waals surface area contributed by atoms with Gasteiger partial charge in [-0.05, 0) is 31.0 Å². The van der Waals surface area contributed by atoms with Crippen molar-refractivity contribution in [1.82, 2.24) is 0 Å². The van der Waals surface area contributed by atoms with E-state index in [0.717, 1.165) is 5.56 Å². The summed E-state index contributed by atoms with van der Waals surface area (Å²) >= 11 is 0. The molecule has 1 unspecified atom stereocenters. The van der Waals surface area contributed by atoms with E-state index < -0.39 is 12.0 Å². The second kappa shape index (κ2) is 6.42. The van der Waals surface area contributed by atoms with Gasteiger partial charge in [0.05, 0.1) is 16.1 Å². The molecule has 94 valence electrons. The second-order valence-corrected chi connectivity index (χ2v) is 3.72. The minimum atomic E-state index is -0.711. The highest BCUT2D eigenvalue weighted by atomic mass is 31.0. The Labute approximate surface area is 102 Å². The lowest BCUT2D eigenvalue weighted by atomic mass is 10.1. The molecule has 0 spiro atoms. The number of rotatable bonds is 5. The largest absolute Gasteiger partial charge is 0.504 e. The maximum absolute atomic E-state index is 11.3. The molecule has 6 heteroatoms. The Morgan fingerprint density at radius 3 is 2.88 bits per heavy atom. The minimum Gasteiger partial charge on any atom is -0.504 e. The molecule has 5 nitrogen and oxygen atoms in total. The summed E-state index contributed by atoms with van der Waals surface area (Å²) in [5.41, 5.74) is 6.47. The number of hydrogen-bond donors (Lipinski definition) is 2. The Morgan fingerprint density at radius 1 is 1.59 bits per heavy atom. The average Bonchev–Trinajstić information content (AvgIpc) is 2.31. The lowest BCUT2D eigenvalue weighted by Crippen LogP contribution is -2.34. The molecule has 0 aliphatic heterocycles. The molecule has 2 atom stereocenters. The predicted octanol–water partition coefficient (Wildman–Crippen LogP) is 0.994. The summed E-state index contributed by atoms with van der Waals surface area (Å²) < 4.78 is 9.69. The van der Waals surface area contributed by atoms with Gasteiger partial charge in [0.15, 0.2) is 11.5 Å². The van der Waals surface area contributed by atoms with Crippen LogP contribution in [0.5, 0.6) is 11.5 Å². The van der Waals surface area contributed by atoms with Gasteiger partial charge in [0.2, 0.25) is 0 Å². The predicted molar refractivity (Wildman–Crippen MR) is 66.8 cm³/mol. The molecule has 0 aliphatic rings. The molecule has 1 aromatic carbocycles. The zero-order valence-corrected chi connectivity index (χ0v) is 10.7. The summed E-state index contributed by atoms with van der Waals surface area (Å²) in [6.45, 7) is 2.04. The molecule has 0 aromatic heterocycles. The van der Waals surface area contributed by atoms with Gasteiger partial charge in [-0.15, -0.1) is 0 Å². The topological polar surface area (TPSA) is 81.8 Å². The molecule has 0 radical (unpaired) electrons. The van der Waals surface area contributed by atoms with Crippen molar-refractivity contribution in [2.24, 2.45) is 5.73 Å². The first-order valence-corrected chi connectivity index (χ1v) is 5.66. The molecule has 0 saturated heterocycles. The third kappa shape index (κ3) is 3.88. The maximum Gasteiger partial charge on any atom is 0.323 e. The van der Waals surface area contributed by atoms with Crippen molar-refractivity contribution in [1.29, 1.82) is 0 Å². The van der Waals surface area contributed by atoms with E-state index in [1.54, 1.807) is 19.1 Å². The van der Waals surface area contributed by atoms with E-state index in [-0.39, 0.29) is 5.75 Å². The average molecular weight is 257 g/mol. The highest BCUT2D eigenvalue weighted by Gasteiger charge is 2.15. The Bertz CT molecular complexity index is 397. The quantitative estimate of drug-likeness (QED) is 0.607. The van der Waals surface area contributed by atoms with E-state index in [4.69, 9.17) is 15.0 Å². The van der Waals surface area contributed by atoms with Gasteiger partial charge in [-0.25, -0.2) is 0 Å². The van der Waals surface area contributed by atoms with Crippen molar-refractivity contribution in [3.8, 4) is 11.5 Å². The van der Waals surface area contributed by atoms with Gasteiger partial charge in [0.25, 0.3) is 0 Å². The number of aromatic hydroxyl groups is 1. The van der Waals surface area contributed by atoms with Crippen LogP contribution in [0, 0.1) is 0 Å². The van der Waals surface area contributed by atoms with Gasteiger partial charge in [0.1, 0.15) is 6.04 Å². The third-order valence-corrected chi connectivity index (χ3v) is 2.45. The minimum absolute atomic E-state index is 0.0356. The van der Waals surface area contributed by atoms with Gasteiger partial charge in [0, 0.05) is 0 Å². The molecule has 0 fully saturated rings. The fourth-order valence-electron chi connectivity index (χ4n) is 1.37. The van der Waals surface area contributed by atoms with Crippen LogP contribution in [0.1, 0.15) is 12.5 Å². The zero-order valence-electron chi connectivity index (χ0n) is 9.55. The smallest absolute Gasteiger partial charge is 0.323 e. The van der Waals surface area contributed by atoms with Crippen LogP contribution < -0.4 is 10.3 Å². The normalized spacial score (nSPS) is 11.9. The standard InChI is InChI=1S/C11H16NO4P/c1-2-15-11(14)8(12)5-7-3-4-9(13)10(6-7)16-17/h3-4,6,8,13H,2,5,12,17H2,1H3/t8-/m0/s1. The summed E-state index contributed by atoms with van der Waals surface area (Å²) in [7, 11) is 2.05. The first-order chi connectivity index (χ1) is 8.08. The van der Waals surface area contributed by atoms with E-state index in [1.165, 1.54) is 6.07 Å². The van der Waals surface area contributed by atoms with Crippen LogP contribution in [-0.4, -0.2) is 23.7 Å². The number of phenols is 1. The summed E-state index contributed by atoms with van der Waals surface area (Å²) in [6, 6.07) is 4.09. The van der Waals surface area contributed by atoms with Crippen molar-refractivity contribution >= 4 is 15.4 Å². The molecule has 17 heavy (non-hydrogen) atoms. The third-order valence-electron chi connectivity index (χ3n) is 2.20. The fourth-order valence-corrected chi connectivity index (χ4v) is 1.56. The van der Waals surface area contributed by atoms with Crippen LogP contribution in [0.25, 0.3) is 0 Å². The lowest BCUT2D eigenvalue weighted by molar-refractivity contribution is -0.144. The van der Waals surface area contributed by atoms with Crippen LogP contribution in [0.4, 0.5) is 0 Å². The molecule has 3 N–H and O–H groups in total. The Hall–Kier alpha value is -1.32. The van der Waals surface area contributed by atoms with Crippen molar-refractivity contribution in [2.45, 2.75) is 19.4 Å². The molecule has 0 aliphatic carbocycles. The fraction of sp³-hybridized carbons (Fsp3) is 0.364. The second-order valence-electron chi connectivity index (χ2n) is 3.48. The van der Waals surface area contributed by atoms with Crippen LogP contribution in [0.2, 0.25) is 0 Å². The number of hydrogen-bond acceptors (Lipinski definition) is 5. The van der Waals surface area contributed by atoms with Crippen molar-refractivity contribution in [2.75, 3.05) is 6.61 Å². The number of phenolic OH excluding ortho intramolecular Hbond substituents is 1. The molecular weight excluding hydrogens is 241 g/mol. The number of benzene rings is 1. The van der Waals surface area contributed by atoms with E-state index in [1.807, 2.05) is 9.47 Å². The SMILES string of the molecule is CCOC(=O)[C@@H](N)Cc1ccc(O)c(OP)c1. The van der Waals surface area contributed by atoms with Crippen LogP contribution >= 0.6 is 9.47 Å². The van der Waals surface area contributed by atoms with Crippen molar-refractivity contribution < 1.29 is 19.2 Å². The molecule has 0 saturated carbocycles. The Balaban J connectivity index is 2.71. The molecule has 0 bridgehead atoms. The van der Waals surface area contributed by atoms with Crippen molar-refractivity contribution in [3.63, 3.8) is 0 Å². The molecule has 0 heterocycles. The highest BCUT2D eigenvalue weighted by Crippen LogP contribution is 2.28.